The molecule has 1 nitrogen and oxygen atoms in total. The maximum Gasteiger partial charge on any atom is 0.0674 e. The van der Waals surface area contributed by atoms with Crippen LogP contribution in [0, 0.1) is 23.7 Å². The minimum Gasteiger partial charge on any atom is -0.392 e. The fraction of sp³-hybridized carbons (Fsp3) is 0.600. The van der Waals surface area contributed by atoms with E-state index < -0.39 is 0 Å². The van der Waals surface area contributed by atoms with E-state index >= 15 is 0 Å². The first-order chi connectivity index (χ1) is 5.38. The predicted molar refractivity (Wildman–Crippen MR) is 42.9 cm³/mol. The highest BCUT2D eigenvalue weighted by atomic mass is 16.3. The fourth-order valence-electron chi connectivity index (χ4n) is 3.01. The molecule has 1 fully saturated rings. The van der Waals surface area contributed by atoms with Crippen molar-refractivity contribution in [2.24, 2.45) is 23.7 Å². The lowest BCUT2D eigenvalue weighted by Gasteiger charge is -2.18. The van der Waals surface area contributed by atoms with E-state index in [9.17, 15) is 5.11 Å². The molecule has 1 N–H and O–H groups in total. The Morgan fingerprint density at radius 1 is 1.00 bits per heavy atom. The largest absolute Gasteiger partial charge is 0.392 e. The summed E-state index contributed by atoms with van der Waals surface area (Å²) < 4.78 is 0. The molecule has 0 radical (unpaired) electrons. The van der Waals surface area contributed by atoms with Crippen LogP contribution in [0.1, 0.15) is 6.42 Å². The second kappa shape index (κ2) is 1.78. The lowest BCUT2D eigenvalue weighted by Crippen LogP contribution is -2.15. The first kappa shape index (κ1) is 6.01. The standard InChI is InChI=1S/C10H12O/c11-10-8-4-5-9(10)7-3-1-2-6(7)8/h1-2,4-11H,3H2/t6-,7+,8-,9-,10+/m0/s1. The summed E-state index contributed by atoms with van der Waals surface area (Å²) in [6.45, 7) is 0. The van der Waals surface area contributed by atoms with Gasteiger partial charge in [-0.2, -0.15) is 0 Å². The van der Waals surface area contributed by atoms with Crippen molar-refractivity contribution in [3.05, 3.63) is 24.3 Å². The van der Waals surface area contributed by atoms with Crippen LogP contribution in [0.25, 0.3) is 0 Å². The molecule has 0 amide bonds. The molecule has 0 aromatic heterocycles. The first-order valence-electron chi connectivity index (χ1n) is 4.41. The molecular formula is C10H12O. The highest BCUT2D eigenvalue weighted by molar-refractivity contribution is 5.25. The van der Waals surface area contributed by atoms with Crippen molar-refractivity contribution in [3.63, 3.8) is 0 Å². The van der Waals surface area contributed by atoms with Crippen molar-refractivity contribution in [3.8, 4) is 0 Å². The van der Waals surface area contributed by atoms with Gasteiger partial charge in [0.2, 0.25) is 0 Å². The fourth-order valence-corrected chi connectivity index (χ4v) is 3.01. The van der Waals surface area contributed by atoms with Gasteiger partial charge in [-0.15, -0.1) is 0 Å². The second-order valence-corrected chi connectivity index (χ2v) is 3.94. The van der Waals surface area contributed by atoms with Crippen molar-refractivity contribution in [1.29, 1.82) is 0 Å². The Morgan fingerprint density at radius 3 is 2.64 bits per heavy atom. The summed E-state index contributed by atoms with van der Waals surface area (Å²) in [5, 5.41) is 9.74. The highest BCUT2D eigenvalue weighted by Crippen LogP contribution is 2.52. The van der Waals surface area contributed by atoms with E-state index in [1.54, 1.807) is 0 Å². The van der Waals surface area contributed by atoms with Crippen LogP contribution in [0.4, 0.5) is 0 Å². The van der Waals surface area contributed by atoms with Crippen LogP contribution in [0.3, 0.4) is 0 Å². The predicted octanol–water partition coefficient (Wildman–Crippen LogP) is 1.36. The molecule has 0 aliphatic heterocycles. The molecule has 0 unspecified atom stereocenters. The van der Waals surface area contributed by atoms with E-state index in [4.69, 9.17) is 0 Å². The summed E-state index contributed by atoms with van der Waals surface area (Å²) >= 11 is 0. The lowest BCUT2D eigenvalue weighted by atomic mass is 9.86. The summed E-state index contributed by atoms with van der Waals surface area (Å²) in [5.74, 6) is 2.32. The SMILES string of the molecule is O[C@@H]1[C@H]2C=C[C@H]1[C@@H]1CC=C[C@H]21. The van der Waals surface area contributed by atoms with Gasteiger partial charge >= 0.3 is 0 Å². The van der Waals surface area contributed by atoms with Crippen LogP contribution >= 0.6 is 0 Å². The van der Waals surface area contributed by atoms with Crippen LogP contribution in [0.15, 0.2) is 24.3 Å². The van der Waals surface area contributed by atoms with Crippen LogP contribution in [0.2, 0.25) is 0 Å². The van der Waals surface area contributed by atoms with Gasteiger partial charge in [0.05, 0.1) is 6.10 Å². The van der Waals surface area contributed by atoms with Gasteiger partial charge in [0.15, 0.2) is 0 Å². The summed E-state index contributed by atoms with van der Waals surface area (Å²) in [6.07, 6.45) is 10.1. The zero-order valence-electron chi connectivity index (χ0n) is 6.35. The minimum atomic E-state index is -0.0602. The van der Waals surface area contributed by atoms with E-state index in [1.807, 2.05) is 0 Å². The molecule has 0 heterocycles. The van der Waals surface area contributed by atoms with Crippen molar-refractivity contribution < 1.29 is 5.11 Å². The maximum absolute atomic E-state index is 9.74. The van der Waals surface area contributed by atoms with Crippen molar-refractivity contribution in [2.45, 2.75) is 12.5 Å². The molecule has 3 rings (SSSR count). The maximum atomic E-state index is 9.74. The van der Waals surface area contributed by atoms with E-state index in [2.05, 4.69) is 24.3 Å². The Labute approximate surface area is 66.4 Å². The number of allylic oxidation sites excluding steroid dienone is 2. The minimum absolute atomic E-state index is 0.0602. The zero-order chi connectivity index (χ0) is 7.42. The van der Waals surface area contributed by atoms with Gasteiger partial charge in [0.25, 0.3) is 0 Å². The van der Waals surface area contributed by atoms with Crippen molar-refractivity contribution in [2.75, 3.05) is 0 Å². The smallest absolute Gasteiger partial charge is 0.0674 e. The van der Waals surface area contributed by atoms with Crippen molar-refractivity contribution in [1.82, 2.24) is 0 Å². The third-order valence-electron chi connectivity index (χ3n) is 3.54. The van der Waals surface area contributed by atoms with Gasteiger partial charge in [-0.3, -0.25) is 0 Å². The summed E-state index contributed by atoms with van der Waals surface area (Å²) in [5.41, 5.74) is 0. The molecule has 5 atom stereocenters. The van der Waals surface area contributed by atoms with Crippen molar-refractivity contribution >= 4 is 0 Å². The molecule has 0 spiro atoms. The number of hydrogen-bond acceptors (Lipinski definition) is 1. The lowest BCUT2D eigenvalue weighted by molar-refractivity contribution is 0.128. The molecule has 0 saturated heterocycles. The van der Waals surface area contributed by atoms with E-state index in [1.165, 1.54) is 6.42 Å². The molecule has 1 heteroatoms. The number of aliphatic hydroxyl groups is 1. The van der Waals surface area contributed by atoms with Gasteiger partial charge in [0, 0.05) is 11.8 Å². The first-order valence-corrected chi connectivity index (χ1v) is 4.41. The number of rotatable bonds is 0. The third-order valence-corrected chi connectivity index (χ3v) is 3.54. The summed E-state index contributed by atoms with van der Waals surface area (Å²) in [6, 6.07) is 0. The molecule has 11 heavy (non-hydrogen) atoms. The Kier molecular flexibility index (Phi) is 0.972. The highest BCUT2D eigenvalue weighted by Gasteiger charge is 2.50. The van der Waals surface area contributed by atoms with Gasteiger partial charge in [-0.1, -0.05) is 24.3 Å². The Balaban J connectivity index is 2.04. The van der Waals surface area contributed by atoms with E-state index in [-0.39, 0.29) is 6.10 Å². The zero-order valence-corrected chi connectivity index (χ0v) is 6.35. The quantitative estimate of drug-likeness (QED) is 0.514. The monoisotopic (exact) mass is 148 g/mol. The molecule has 0 aromatic rings. The van der Waals surface area contributed by atoms with E-state index in [0.29, 0.717) is 17.8 Å². The van der Waals surface area contributed by atoms with E-state index in [0.717, 1.165) is 5.92 Å². The summed E-state index contributed by atoms with van der Waals surface area (Å²) in [4.78, 5) is 0. The summed E-state index contributed by atoms with van der Waals surface area (Å²) in [7, 11) is 0. The van der Waals surface area contributed by atoms with Gasteiger partial charge in [-0.25, -0.2) is 0 Å². The molecule has 0 aromatic carbocycles. The van der Waals surface area contributed by atoms with Crippen LogP contribution < -0.4 is 0 Å². The number of aliphatic hydroxyl groups excluding tert-OH is 1. The number of fused-ring (bicyclic) bond motifs is 5. The molecule has 3 aliphatic carbocycles. The molecule has 2 bridgehead atoms. The Morgan fingerprint density at radius 2 is 1.82 bits per heavy atom. The normalized spacial score (nSPS) is 57.4. The van der Waals surface area contributed by atoms with Crippen LogP contribution in [0.5, 0.6) is 0 Å². The van der Waals surface area contributed by atoms with Crippen LogP contribution in [-0.4, -0.2) is 11.2 Å². The van der Waals surface area contributed by atoms with Gasteiger partial charge in [-0.05, 0) is 18.3 Å². The number of hydrogen-bond donors (Lipinski definition) is 1. The van der Waals surface area contributed by atoms with Crippen LogP contribution in [-0.2, 0) is 0 Å². The topological polar surface area (TPSA) is 20.2 Å². The van der Waals surface area contributed by atoms with Gasteiger partial charge in [0.1, 0.15) is 0 Å². The Hall–Kier alpha value is -0.560. The molecular weight excluding hydrogens is 136 g/mol. The molecule has 1 saturated carbocycles. The Bertz CT molecular complexity index is 241. The second-order valence-electron chi connectivity index (χ2n) is 3.94. The molecule has 58 valence electrons. The molecule has 3 aliphatic rings. The third kappa shape index (κ3) is 0.564. The van der Waals surface area contributed by atoms with Gasteiger partial charge < -0.3 is 5.11 Å². The average Bonchev–Trinajstić information content (AvgIpc) is 2.61. The average molecular weight is 148 g/mol.